The Labute approximate surface area is 738 Å². The van der Waals surface area contributed by atoms with E-state index in [4.69, 9.17) is 49.3 Å². The van der Waals surface area contributed by atoms with E-state index in [-0.39, 0.29) is 80.7 Å². The van der Waals surface area contributed by atoms with Crippen molar-refractivity contribution in [1.82, 2.24) is 50.2 Å². The van der Waals surface area contributed by atoms with Crippen LogP contribution in [0.1, 0.15) is 462 Å². The molecule has 0 radical (unpaired) electrons. The minimum Gasteiger partial charge on any atom is -0.341 e. The van der Waals surface area contributed by atoms with E-state index in [1.165, 1.54) is 103 Å². The van der Waals surface area contributed by atoms with Gasteiger partial charge in [0.05, 0.1) is 25.4 Å². The van der Waals surface area contributed by atoms with Crippen LogP contribution in [-0.2, 0) is 19.4 Å². The molecule has 4 aliphatic heterocycles. The van der Waals surface area contributed by atoms with Crippen LogP contribution >= 0.6 is 0 Å². The summed E-state index contributed by atoms with van der Waals surface area (Å²) in [5, 5.41) is 9.71. The van der Waals surface area contributed by atoms with Gasteiger partial charge in [-0.3, -0.25) is 19.4 Å². The molecule has 6 aliphatic rings. The summed E-state index contributed by atoms with van der Waals surface area (Å²) in [5.74, 6) is 5.06. The molecule has 4 saturated heterocycles. The number of hydrogen-bond acceptors (Lipinski definition) is 20. The van der Waals surface area contributed by atoms with Crippen molar-refractivity contribution in [3.8, 4) is 0 Å². The van der Waals surface area contributed by atoms with Crippen molar-refractivity contribution in [2.24, 2.45) is 0 Å². The van der Waals surface area contributed by atoms with Gasteiger partial charge in [0.2, 0.25) is 35.7 Å². The molecular formula is C100H190N16O4. The van der Waals surface area contributed by atoms with Crippen molar-refractivity contribution in [3.05, 3.63) is 0 Å². The van der Waals surface area contributed by atoms with Crippen molar-refractivity contribution >= 4 is 35.7 Å². The zero-order valence-corrected chi connectivity index (χ0v) is 82.9. The monoisotopic (exact) mass is 1680 g/mol. The highest BCUT2D eigenvalue weighted by Crippen LogP contribution is 2.49. The van der Waals surface area contributed by atoms with Gasteiger partial charge in [-0.05, 0) is 252 Å². The molecule has 0 spiro atoms. The molecule has 6 fully saturated rings. The standard InChI is InChI=1S/C100H190N16O4/c1-25-33-41-43-47-57-71-117-113-93(9,10)73-81(74-94(113,11)12)111(91-103-87(107(63-35-27-3)64-36-28-4)101-89(105-91)109(67-39-31-7)83-77-97(17,18)115(98(19,20)78-83)119-85-59-51-49-52-60-85)69-55-45-46-56-70-112(82-75-95(13,14)114(96(15,16)76-82)118-72-58-48-44-42-34-26-2)92-104-88(108(65-37-29-5)66-38-30-6)102-90(106-92)110(68-40-32-8)84-79-99(21,22)116(100(23,24)80-84)120-86-61-53-50-54-62-86/h81-86H,25-80H2,1-24H3. The topological polar surface area (TPSA) is 147 Å². The van der Waals surface area contributed by atoms with E-state index in [9.17, 15) is 0 Å². The third kappa shape index (κ3) is 29.5. The summed E-state index contributed by atoms with van der Waals surface area (Å²) in [7, 11) is 0. The molecule has 120 heavy (non-hydrogen) atoms. The fraction of sp³-hybridized carbons (Fsp3) is 0.940. The summed E-state index contributed by atoms with van der Waals surface area (Å²) in [6.45, 7) is 66.3. The number of aromatic nitrogens is 6. The highest BCUT2D eigenvalue weighted by atomic mass is 16.7. The van der Waals surface area contributed by atoms with Crippen molar-refractivity contribution < 1.29 is 19.4 Å². The minimum absolute atomic E-state index is 0.148. The average molecular weight is 1680 g/mol. The van der Waals surface area contributed by atoms with Crippen LogP contribution < -0.4 is 29.4 Å². The van der Waals surface area contributed by atoms with Crippen LogP contribution in [0.25, 0.3) is 0 Å². The molecule has 0 unspecified atom stereocenters. The number of anilines is 6. The molecule has 20 heteroatoms. The molecule has 0 N–H and O–H groups in total. The average Bonchev–Trinajstić information content (AvgIpc) is 0.703. The van der Waals surface area contributed by atoms with Crippen LogP contribution in [0.2, 0.25) is 0 Å². The van der Waals surface area contributed by atoms with E-state index >= 15 is 0 Å². The zero-order valence-electron chi connectivity index (χ0n) is 82.9. The first-order valence-electron chi connectivity index (χ1n) is 51.0. The molecule has 0 amide bonds. The summed E-state index contributed by atoms with van der Waals surface area (Å²) in [4.78, 5) is 79.7. The van der Waals surface area contributed by atoms with Crippen LogP contribution in [0.3, 0.4) is 0 Å². The lowest BCUT2D eigenvalue weighted by molar-refractivity contribution is -0.310. The number of rotatable bonds is 55. The summed E-state index contributed by atoms with van der Waals surface area (Å²) < 4.78 is 0. The van der Waals surface area contributed by atoms with Gasteiger partial charge in [0.1, 0.15) is 0 Å². The fourth-order valence-electron chi connectivity index (χ4n) is 22.6. The molecule has 2 aromatic rings. The molecule has 2 saturated carbocycles. The van der Waals surface area contributed by atoms with Crippen molar-refractivity contribution in [2.45, 2.75) is 542 Å². The van der Waals surface area contributed by atoms with Gasteiger partial charge in [0, 0.05) is 121 Å². The highest BCUT2D eigenvalue weighted by molar-refractivity contribution is 5.50. The maximum Gasteiger partial charge on any atom is 0.232 e. The van der Waals surface area contributed by atoms with Crippen LogP contribution in [0.5, 0.6) is 0 Å². The quantitative estimate of drug-likeness (QED) is 0.0578. The highest BCUT2D eigenvalue weighted by Gasteiger charge is 2.54. The Bertz CT molecular complexity index is 2880. The van der Waals surface area contributed by atoms with Crippen LogP contribution in [0.15, 0.2) is 0 Å². The fourth-order valence-corrected chi connectivity index (χ4v) is 22.6. The second-order valence-corrected chi connectivity index (χ2v) is 43.6. The molecule has 20 nitrogen and oxygen atoms in total. The predicted octanol–water partition coefficient (Wildman–Crippen LogP) is 25.2. The van der Waals surface area contributed by atoms with Gasteiger partial charge in [-0.1, -0.05) is 209 Å². The van der Waals surface area contributed by atoms with E-state index in [0.717, 1.165) is 294 Å². The molecule has 2 aromatic heterocycles. The van der Waals surface area contributed by atoms with Crippen molar-refractivity contribution in [2.75, 3.05) is 95.0 Å². The third-order valence-corrected chi connectivity index (χ3v) is 28.1. The van der Waals surface area contributed by atoms with Gasteiger partial charge in [0.15, 0.2) is 0 Å². The second-order valence-electron chi connectivity index (χ2n) is 43.6. The lowest BCUT2D eigenvalue weighted by atomic mass is 9.78. The normalized spacial score (nSPS) is 21.5. The van der Waals surface area contributed by atoms with Gasteiger partial charge >= 0.3 is 0 Å². The van der Waals surface area contributed by atoms with Gasteiger partial charge < -0.3 is 29.4 Å². The SMILES string of the molecule is CCCCCCCCON1C(C)(C)CC(N(CCCCCCN(c2nc(N(CCCC)CCCC)nc(N(CCCC)C3CC(C)(C)N(OC4CCCCC4)C(C)(C)C3)n2)C2CC(C)(C)N(OCCCCCCCC)C(C)(C)C2)c2nc(N(CCCC)CCCC)nc(N(CCCC)C3CC(C)(C)N(OC4CCCCC4)C(C)(C)C3)n2)CC1(C)C. The Hall–Kier alpha value is -3.50. The van der Waals surface area contributed by atoms with E-state index in [1.54, 1.807) is 0 Å². The smallest absolute Gasteiger partial charge is 0.232 e. The lowest BCUT2D eigenvalue weighted by Gasteiger charge is -2.56. The number of nitrogens with zero attached hydrogens (tertiary/aromatic N) is 16. The molecule has 694 valence electrons. The van der Waals surface area contributed by atoms with Gasteiger partial charge in [-0.25, -0.2) is 0 Å². The first-order valence-corrected chi connectivity index (χ1v) is 51.0. The Balaban J connectivity index is 1.20. The lowest BCUT2D eigenvalue weighted by Crippen LogP contribution is -2.65. The molecule has 0 atom stereocenters. The van der Waals surface area contributed by atoms with E-state index in [2.05, 4.69) is 216 Å². The van der Waals surface area contributed by atoms with E-state index < -0.39 is 0 Å². The summed E-state index contributed by atoms with van der Waals surface area (Å²) in [5.41, 5.74) is -1.92. The summed E-state index contributed by atoms with van der Waals surface area (Å²) >= 11 is 0. The number of piperidine rings is 4. The van der Waals surface area contributed by atoms with Gasteiger partial charge in [0.25, 0.3) is 0 Å². The predicted molar refractivity (Wildman–Crippen MR) is 508 cm³/mol. The minimum atomic E-state index is -0.265. The maximum absolute atomic E-state index is 7.20. The Kier molecular flexibility index (Phi) is 41.3. The van der Waals surface area contributed by atoms with Gasteiger partial charge in [-0.15, -0.1) is 0 Å². The van der Waals surface area contributed by atoms with E-state index in [1.807, 2.05) is 0 Å². The molecule has 2 aliphatic carbocycles. The largest absolute Gasteiger partial charge is 0.341 e. The first-order chi connectivity index (χ1) is 57.1. The molecule has 6 heterocycles. The second kappa shape index (κ2) is 48.6. The number of unbranched alkanes of at least 4 members (excludes halogenated alkanes) is 19. The van der Waals surface area contributed by atoms with E-state index in [0.29, 0.717) is 0 Å². The number of hydrogen-bond donors (Lipinski definition) is 0. The van der Waals surface area contributed by atoms with Crippen LogP contribution in [0.4, 0.5) is 35.7 Å². The maximum atomic E-state index is 7.20. The zero-order chi connectivity index (χ0) is 87.4. The van der Waals surface area contributed by atoms with Gasteiger partial charge in [-0.2, -0.15) is 50.2 Å². The van der Waals surface area contributed by atoms with Crippen LogP contribution in [-0.4, -0.2) is 196 Å². The van der Waals surface area contributed by atoms with Crippen LogP contribution in [0, 0.1) is 0 Å². The van der Waals surface area contributed by atoms with Crippen molar-refractivity contribution in [3.63, 3.8) is 0 Å². The molecular weight excluding hydrogens is 1490 g/mol. The number of hydroxylamine groups is 8. The first kappa shape index (κ1) is 102. The Morgan fingerprint density at radius 1 is 0.242 bits per heavy atom. The molecule has 8 rings (SSSR count). The summed E-state index contributed by atoms with van der Waals surface area (Å²) in [6, 6.07) is 0.698. The van der Waals surface area contributed by atoms with Crippen molar-refractivity contribution in [1.29, 1.82) is 0 Å². The Morgan fingerprint density at radius 3 is 0.708 bits per heavy atom. The molecule has 0 aromatic carbocycles. The third-order valence-electron chi connectivity index (χ3n) is 28.1. The molecule has 0 bridgehead atoms. The summed E-state index contributed by atoms with van der Waals surface area (Å²) in [6.07, 6.45) is 52.4. The Morgan fingerprint density at radius 2 is 0.450 bits per heavy atom.